The lowest BCUT2D eigenvalue weighted by molar-refractivity contribution is -0.137. The third kappa shape index (κ3) is 5.17. The Morgan fingerprint density at radius 3 is 2.29 bits per heavy atom. The summed E-state index contributed by atoms with van der Waals surface area (Å²) < 4.78 is 46.0. The molecule has 0 unspecified atom stereocenters. The maximum absolute atomic E-state index is 13.5. The summed E-state index contributed by atoms with van der Waals surface area (Å²) in [7, 11) is 0. The van der Waals surface area contributed by atoms with Gasteiger partial charge in [-0.2, -0.15) is 18.2 Å². The summed E-state index contributed by atoms with van der Waals surface area (Å²) in [6.07, 6.45) is -3.04. The number of hydrogen-bond acceptors (Lipinski definition) is 7. The van der Waals surface area contributed by atoms with Crippen molar-refractivity contribution in [2.45, 2.75) is 13.1 Å². The van der Waals surface area contributed by atoms with Gasteiger partial charge >= 0.3 is 6.18 Å². The molecule has 5 rings (SSSR count). The highest BCUT2D eigenvalue weighted by atomic mass is 19.4. The number of alkyl halides is 3. The highest BCUT2D eigenvalue weighted by Gasteiger charge is 2.36. The number of halogens is 3. The zero-order valence-electron chi connectivity index (χ0n) is 19.5. The van der Waals surface area contributed by atoms with E-state index in [9.17, 15) is 13.2 Å². The van der Waals surface area contributed by atoms with Crippen LogP contribution in [0.15, 0.2) is 48.7 Å². The van der Waals surface area contributed by atoms with Gasteiger partial charge in [-0.3, -0.25) is 0 Å². The van der Waals surface area contributed by atoms with Gasteiger partial charge in [0.1, 0.15) is 11.6 Å². The second-order valence-corrected chi connectivity index (χ2v) is 8.73. The van der Waals surface area contributed by atoms with Crippen LogP contribution in [0.2, 0.25) is 0 Å². The Balaban J connectivity index is 1.42. The molecule has 0 saturated carbocycles. The average Bonchev–Trinajstić information content (AvgIpc) is 2.88. The minimum absolute atomic E-state index is 0.0249. The molecule has 0 atom stereocenters. The lowest BCUT2D eigenvalue weighted by Crippen LogP contribution is -2.48. The molecule has 0 radical (unpaired) electrons. The number of aromatic nitrogens is 3. The van der Waals surface area contributed by atoms with Crippen molar-refractivity contribution in [2.75, 3.05) is 67.2 Å². The first-order valence-electron chi connectivity index (χ1n) is 11.7. The normalized spacial score (nSPS) is 17.1. The van der Waals surface area contributed by atoms with Crippen LogP contribution in [0.1, 0.15) is 11.1 Å². The lowest BCUT2D eigenvalue weighted by atomic mass is 10.1. The maximum Gasteiger partial charge on any atom is 0.419 e. The van der Waals surface area contributed by atoms with Crippen LogP contribution in [0.25, 0.3) is 11.3 Å². The summed E-state index contributed by atoms with van der Waals surface area (Å²) >= 11 is 0. The molecule has 0 N–H and O–H groups in total. The third-order valence-electron chi connectivity index (χ3n) is 6.30. The number of aryl methyl sites for hydroxylation is 1. The molecule has 0 bridgehead atoms. The van der Waals surface area contributed by atoms with E-state index in [0.29, 0.717) is 45.3 Å². The summed E-state index contributed by atoms with van der Waals surface area (Å²) in [4.78, 5) is 19.7. The van der Waals surface area contributed by atoms with Crippen molar-refractivity contribution in [3.63, 3.8) is 0 Å². The quantitative estimate of drug-likeness (QED) is 0.554. The van der Waals surface area contributed by atoms with E-state index >= 15 is 0 Å². The van der Waals surface area contributed by atoms with Gasteiger partial charge in [0.15, 0.2) is 0 Å². The van der Waals surface area contributed by atoms with Crippen LogP contribution in [-0.4, -0.2) is 67.4 Å². The van der Waals surface area contributed by atoms with E-state index < -0.39 is 11.7 Å². The van der Waals surface area contributed by atoms with Crippen LogP contribution >= 0.6 is 0 Å². The SMILES string of the molecule is Cc1cccc(-c2cc(N3CCOCC3)nc(N3CCN(c4ncccc4C(F)(F)F)CC3)n2)c1. The molecule has 7 nitrogen and oxygen atoms in total. The van der Waals surface area contributed by atoms with Gasteiger partial charge in [-0.1, -0.05) is 23.8 Å². The van der Waals surface area contributed by atoms with E-state index in [1.807, 2.05) is 36.1 Å². The Kier molecular flexibility index (Phi) is 6.46. The lowest BCUT2D eigenvalue weighted by Gasteiger charge is -2.37. The summed E-state index contributed by atoms with van der Waals surface area (Å²) in [6, 6.07) is 12.6. The fourth-order valence-corrected chi connectivity index (χ4v) is 4.46. The van der Waals surface area contributed by atoms with E-state index in [1.54, 1.807) is 4.90 Å². The van der Waals surface area contributed by atoms with Crippen LogP contribution in [0.5, 0.6) is 0 Å². The molecule has 0 spiro atoms. The molecule has 0 aliphatic carbocycles. The van der Waals surface area contributed by atoms with Gasteiger partial charge < -0.3 is 19.4 Å². The van der Waals surface area contributed by atoms with Crippen molar-refractivity contribution < 1.29 is 17.9 Å². The number of benzene rings is 1. The molecule has 3 aromatic rings. The molecule has 1 aromatic carbocycles. The fourth-order valence-electron chi connectivity index (χ4n) is 4.46. The predicted molar refractivity (Wildman–Crippen MR) is 129 cm³/mol. The topological polar surface area (TPSA) is 57.6 Å². The number of anilines is 3. The standard InChI is InChI=1S/C25H27F3N6O/c1-18-4-2-5-19(16-18)21-17-22(32-12-14-35-15-13-32)31-24(30-21)34-10-8-33(9-11-34)23-20(25(26,27)28)6-3-7-29-23/h2-7,16-17H,8-15H2,1H3. The number of hydrogen-bond donors (Lipinski definition) is 0. The van der Waals surface area contributed by atoms with Crippen molar-refractivity contribution in [1.29, 1.82) is 0 Å². The van der Waals surface area contributed by atoms with Crippen molar-refractivity contribution >= 4 is 17.6 Å². The van der Waals surface area contributed by atoms with Gasteiger partial charge in [0.2, 0.25) is 5.95 Å². The molecule has 0 amide bonds. The van der Waals surface area contributed by atoms with Crippen LogP contribution in [0.4, 0.5) is 30.8 Å². The molecule has 35 heavy (non-hydrogen) atoms. The highest BCUT2D eigenvalue weighted by Crippen LogP contribution is 2.35. The zero-order chi connectivity index (χ0) is 24.4. The Morgan fingerprint density at radius 1 is 0.829 bits per heavy atom. The molecule has 4 heterocycles. The number of rotatable bonds is 4. The van der Waals surface area contributed by atoms with Gasteiger partial charge in [0.05, 0.1) is 24.5 Å². The van der Waals surface area contributed by atoms with Crippen molar-refractivity contribution in [1.82, 2.24) is 15.0 Å². The molecular weight excluding hydrogens is 457 g/mol. The van der Waals surface area contributed by atoms with Gasteiger partial charge in [-0.25, -0.2) is 9.97 Å². The molecular formula is C25H27F3N6O. The first-order valence-corrected chi connectivity index (χ1v) is 11.7. The highest BCUT2D eigenvalue weighted by molar-refractivity contribution is 5.66. The van der Waals surface area contributed by atoms with Gasteiger partial charge in [-0.05, 0) is 25.1 Å². The third-order valence-corrected chi connectivity index (χ3v) is 6.30. The van der Waals surface area contributed by atoms with Crippen LogP contribution in [0, 0.1) is 6.92 Å². The molecule has 2 saturated heterocycles. The number of nitrogens with zero attached hydrogens (tertiary/aromatic N) is 6. The summed E-state index contributed by atoms with van der Waals surface area (Å²) in [5, 5.41) is 0. The van der Waals surface area contributed by atoms with E-state index in [1.165, 1.54) is 12.3 Å². The number of ether oxygens (including phenoxy) is 1. The number of morpholine rings is 1. The molecule has 184 valence electrons. The summed E-state index contributed by atoms with van der Waals surface area (Å²) in [6.45, 7) is 6.60. The molecule has 2 aliphatic rings. The zero-order valence-corrected chi connectivity index (χ0v) is 19.5. The van der Waals surface area contributed by atoms with Crippen molar-refractivity contribution in [2.24, 2.45) is 0 Å². The summed E-state index contributed by atoms with van der Waals surface area (Å²) in [5.41, 5.74) is 2.26. The minimum Gasteiger partial charge on any atom is -0.378 e. The first-order chi connectivity index (χ1) is 16.9. The van der Waals surface area contributed by atoms with E-state index in [-0.39, 0.29) is 5.82 Å². The largest absolute Gasteiger partial charge is 0.419 e. The van der Waals surface area contributed by atoms with Crippen LogP contribution < -0.4 is 14.7 Å². The monoisotopic (exact) mass is 484 g/mol. The first kappa shape index (κ1) is 23.3. The van der Waals surface area contributed by atoms with Crippen LogP contribution in [0.3, 0.4) is 0 Å². The maximum atomic E-state index is 13.5. The van der Waals surface area contributed by atoms with Gasteiger partial charge in [0, 0.05) is 57.1 Å². The van der Waals surface area contributed by atoms with E-state index in [4.69, 9.17) is 14.7 Å². The molecule has 2 fully saturated rings. The second kappa shape index (κ2) is 9.69. The average molecular weight is 485 g/mol. The van der Waals surface area contributed by atoms with Gasteiger partial charge in [-0.15, -0.1) is 0 Å². The van der Waals surface area contributed by atoms with E-state index in [0.717, 1.165) is 41.8 Å². The molecule has 2 aromatic heterocycles. The molecule has 10 heteroatoms. The van der Waals surface area contributed by atoms with Crippen LogP contribution in [-0.2, 0) is 10.9 Å². The van der Waals surface area contributed by atoms with Gasteiger partial charge in [0.25, 0.3) is 0 Å². The Bertz CT molecular complexity index is 1170. The minimum atomic E-state index is -4.45. The summed E-state index contributed by atoms with van der Waals surface area (Å²) in [5.74, 6) is 1.40. The Morgan fingerprint density at radius 2 is 1.57 bits per heavy atom. The Hall–Kier alpha value is -3.40. The van der Waals surface area contributed by atoms with E-state index in [2.05, 4.69) is 16.0 Å². The number of piperazine rings is 1. The Labute approximate surface area is 202 Å². The predicted octanol–water partition coefficient (Wildman–Crippen LogP) is 4.03. The fraction of sp³-hybridized carbons (Fsp3) is 0.400. The van der Waals surface area contributed by atoms with Crippen molar-refractivity contribution in [3.8, 4) is 11.3 Å². The molecule has 2 aliphatic heterocycles. The van der Waals surface area contributed by atoms with Crippen molar-refractivity contribution in [3.05, 3.63) is 59.8 Å². The number of pyridine rings is 1. The smallest absolute Gasteiger partial charge is 0.378 e. The second-order valence-electron chi connectivity index (χ2n) is 8.73.